The van der Waals surface area contributed by atoms with E-state index in [2.05, 4.69) is 15.3 Å². The third-order valence-electron chi connectivity index (χ3n) is 4.38. The normalized spacial score (nSPS) is 12.8. The molecule has 1 amide bonds. The van der Waals surface area contributed by atoms with Crippen molar-refractivity contribution in [3.63, 3.8) is 0 Å². The van der Waals surface area contributed by atoms with Crippen LogP contribution in [0.5, 0.6) is 0 Å². The molecule has 0 bridgehead atoms. The van der Waals surface area contributed by atoms with Gasteiger partial charge in [-0.1, -0.05) is 29.8 Å². The third-order valence-corrected chi connectivity index (χ3v) is 4.67. The number of nitrogens with zero attached hydrogens (tertiary/aromatic N) is 3. The van der Waals surface area contributed by atoms with Crippen LogP contribution in [0.3, 0.4) is 0 Å². The van der Waals surface area contributed by atoms with Crippen molar-refractivity contribution >= 4 is 34.8 Å². The number of benzene rings is 2. The Bertz CT molecular complexity index is 1040. The van der Waals surface area contributed by atoms with E-state index in [1.54, 1.807) is 17.9 Å². The smallest absolute Gasteiger partial charge is 0.277 e. The maximum atomic E-state index is 13.3. The van der Waals surface area contributed by atoms with Crippen molar-refractivity contribution in [3.05, 3.63) is 76.3 Å². The van der Waals surface area contributed by atoms with E-state index in [0.717, 1.165) is 17.7 Å². The maximum Gasteiger partial charge on any atom is 0.277 e. The molecule has 5 nitrogen and oxygen atoms in total. The average molecular weight is 383 g/mol. The predicted molar refractivity (Wildman–Crippen MR) is 103 cm³/mol. The zero-order valence-corrected chi connectivity index (χ0v) is 15.3. The number of hydrogen-bond donors (Lipinski definition) is 1. The van der Waals surface area contributed by atoms with Gasteiger partial charge in [0, 0.05) is 23.6 Å². The summed E-state index contributed by atoms with van der Waals surface area (Å²) in [5, 5.41) is 2.97. The molecule has 136 valence electrons. The van der Waals surface area contributed by atoms with E-state index >= 15 is 0 Å². The van der Waals surface area contributed by atoms with Crippen molar-refractivity contribution in [1.82, 2.24) is 9.97 Å². The van der Waals surface area contributed by atoms with Crippen LogP contribution >= 0.6 is 11.6 Å². The molecule has 0 atom stereocenters. The van der Waals surface area contributed by atoms with Gasteiger partial charge >= 0.3 is 0 Å². The van der Waals surface area contributed by atoms with Gasteiger partial charge in [0.1, 0.15) is 11.5 Å². The lowest BCUT2D eigenvalue weighted by Gasteiger charge is -2.17. The van der Waals surface area contributed by atoms with Gasteiger partial charge in [-0.3, -0.25) is 4.79 Å². The average Bonchev–Trinajstić information content (AvgIpc) is 3.08. The second-order valence-corrected chi connectivity index (χ2v) is 6.71. The van der Waals surface area contributed by atoms with Gasteiger partial charge in [0.2, 0.25) is 5.95 Å². The van der Waals surface area contributed by atoms with Crippen LogP contribution in [-0.2, 0) is 6.42 Å². The molecule has 1 aliphatic rings. The highest BCUT2D eigenvalue weighted by molar-refractivity contribution is 6.31. The molecule has 1 aromatic heterocycles. The number of hydrogen-bond acceptors (Lipinski definition) is 4. The number of rotatable bonds is 3. The van der Waals surface area contributed by atoms with Crippen LogP contribution in [0.4, 0.5) is 21.7 Å². The zero-order chi connectivity index (χ0) is 19.0. The fraction of sp³-hybridized carbons (Fsp3) is 0.150. The molecule has 0 fully saturated rings. The van der Waals surface area contributed by atoms with Crippen LogP contribution < -0.4 is 10.2 Å². The molecule has 0 aliphatic carbocycles. The molecule has 3 aromatic rings. The van der Waals surface area contributed by atoms with Gasteiger partial charge in [-0.15, -0.1) is 0 Å². The van der Waals surface area contributed by atoms with E-state index in [1.807, 2.05) is 24.3 Å². The molecule has 0 spiro atoms. The lowest BCUT2D eigenvalue weighted by molar-refractivity contribution is 0.0984. The maximum absolute atomic E-state index is 13.3. The zero-order valence-electron chi connectivity index (χ0n) is 14.5. The fourth-order valence-corrected chi connectivity index (χ4v) is 3.31. The number of carbonyl (C=O) groups is 1. The van der Waals surface area contributed by atoms with Crippen LogP contribution in [0, 0.1) is 12.7 Å². The number of halogens is 2. The fourth-order valence-electron chi connectivity index (χ4n) is 3.12. The first-order valence-electron chi connectivity index (χ1n) is 8.49. The van der Waals surface area contributed by atoms with Crippen molar-refractivity contribution in [2.24, 2.45) is 0 Å². The van der Waals surface area contributed by atoms with Gasteiger partial charge < -0.3 is 10.2 Å². The van der Waals surface area contributed by atoms with E-state index in [4.69, 9.17) is 11.6 Å². The molecule has 7 heteroatoms. The lowest BCUT2D eigenvalue weighted by Crippen LogP contribution is -2.30. The number of anilines is 3. The largest absolute Gasteiger partial charge is 0.324 e. The molecule has 0 saturated carbocycles. The third kappa shape index (κ3) is 3.48. The first-order chi connectivity index (χ1) is 13.0. The molecule has 0 saturated heterocycles. The minimum Gasteiger partial charge on any atom is -0.324 e. The predicted octanol–water partition coefficient (Wildman–Crippen LogP) is 4.52. The van der Waals surface area contributed by atoms with Gasteiger partial charge in [0.05, 0.1) is 5.02 Å². The Balaban J connectivity index is 1.62. The number of amides is 1. The molecule has 0 unspecified atom stereocenters. The highest BCUT2D eigenvalue weighted by Gasteiger charge is 2.26. The Morgan fingerprint density at radius 1 is 1.19 bits per heavy atom. The highest BCUT2D eigenvalue weighted by Crippen LogP contribution is 2.29. The second kappa shape index (κ2) is 6.96. The summed E-state index contributed by atoms with van der Waals surface area (Å²) < 4.78 is 13.3. The van der Waals surface area contributed by atoms with Crippen molar-refractivity contribution in [3.8, 4) is 0 Å². The lowest BCUT2D eigenvalue weighted by atomic mass is 10.2. The van der Waals surface area contributed by atoms with Crippen LogP contribution in [0.15, 0.2) is 48.5 Å². The number of aryl methyl sites for hydroxylation is 1. The van der Waals surface area contributed by atoms with Crippen LogP contribution in [0.1, 0.15) is 21.7 Å². The molecule has 4 rings (SSSR count). The summed E-state index contributed by atoms with van der Waals surface area (Å²) in [7, 11) is 0. The quantitative estimate of drug-likeness (QED) is 0.723. The van der Waals surface area contributed by atoms with E-state index in [-0.39, 0.29) is 16.9 Å². The van der Waals surface area contributed by atoms with Crippen LogP contribution in [0.2, 0.25) is 5.02 Å². The number of fused-ring (bicyclic) bond motifs is 1. The van der Waals surface area contributed by atoms with Gasteiger partial charge in [-0.05, 0) is 49.2 Å². The summed E-state index contributed by atoms with van der Waals surface area (Å²) in [4.78, 5) is 23.4. The Morgan fingerprint density at radius 2 is 2.00 bits per heavy atom. The molecule has 27 heavy (non-hydrogen) atoms. The Hall–Kier alpha value is -2.99. The van der Waals surface area contributed by atoms with E-state index in [0.29, 0.717) is 23.6 Å². The molecular weight excluding hydrogens is 367 g/mol. The van der Waals surface area contributed by atoms with E-state index < -0.39 is 5.82 Å². The van der Waals surface area contributed by atoms with Crippen LogP contribution in [-0.4, -0.2) is 22.4 Å². The standard InChI is InChI=1S/C20H16ClFN4O/c1-12-10-17(19(27)26-9-8-13-4-2-3-5-18(13)26)25-20(23-12)24-14-6-7-16(22)15(21)11-14/h2-7,10-11H,8-9H2,1H3,(H,23,24,25). The summed E-state index contributed by atoms with van der Waals surface area (Å²) in [5.74, 6) is -0.421. The number of carbonyl (C=O) groups excluding carboxylic acids is 1. The van der Waals surface area contributed by atoms with Crippen molar-refractivity contribution < 1.29 is 9.18 Å². The number of para-hydroxylation sites is 1. The van der Waals surface area contributed by atoms with Crippen LogP contribution in [0.25, 0.3) is 0 Å². The minimum atomic E-state index is -0.504. The Kier molecular flexibility index (Phi) is 4.49. The first-order valence-corrected chi connectivity index (χ1v) is 8.86. The van der Waals surface area contributed by atoms with Gasteiger partial charge in [0.25, 0.3) is 5.91 Å². The number of nitrogens with one attached hydrogen (secondary N) is 1. The molecule has 1 N–H and O–H groups in total. The SMILES string of the molecule is Cc1cc(C(=O)N2CCc3ccccc32)nc(Nc2ccc(F)c(Cl)c2)n1. The van der Waals surface area contributed by atoms with Gasteiger partial charge in [0.15, 0.2) is 0 Å². The topological polar surface area (TPSA) is 58.1 Å². The number of aromatic nitrogens is 2. The monoisotopic (exact) mass is 382 g/mol. The van der Waals surface area contributed by atoms with Crippen molar-refractivity contribution in [2.45, 2.75) is 13.3 Å². The van der Waals surface area contributed by atoms with Crippen molar-refractivity contribution in [1.29, 1.82) is 0 Å². The highest BCUT2D eigenvalue weighted by atomic mass is 35.5. The van der Waals surface area contributed by atoms with Gasteiger partial charge in [-0.25, -0.2) is 14.4 Å². The van der Waals surface area contributed by atoms with Gasteiger partial charge in [-0.2, -0.15) is 0 Å². The Morgan fingerprint density at radius 3 is 2.81 bits per heavy atom. The molecule has 0 radical (unpaired) electrons. The summed E-state index contributed by atoms with van der Waals surface area (Å²) in [6.07, 6.45) is 0.825. The van der Waals surface area contributed by atoms with E-state index in [1.165, 1.54) is 18.2 Å². The van der Waals surface area contributed by atoms with E-state index in [9.17, 15) is 9.18 Å². The van der Waals surface area contributed by atoms with Crippen molar-refractivity contribution in [2.75, 3.05) is 16.8 Å². The summed E-state index contributed by atoms with van der Waals surface area (Å²) >= 11 is 5.81. The molecular formula is C20H16ClFN4O. The first kappa shape index (κ1) is 17.4. The minimum absolute atomic E-state index is 0.00220. The Labute approximate surface area is 160 Å². The summed E-state index contributed by atoms with van der Waals surface area (Å²) in [6.45, 7) is 2.41. The molecule has 2 heterocycles. The molecule has 2 aromatic carbocycles. The molecule has 1 aliphatic heterocycles. The second-order valence-electron chi connectivity index (χ2n) is 6.31. The summed E-state index contributed by atoms with van der Waals surface area (Å²) in [5.41, 5.74) is 3.55. The summed E-state index contributed by atoms with van der Waals surface area (Å²) in [6, 6.07) is 13.7.